The average molecular weight is 401 g/mol. The van der Waals surface area contributed by atoms with Crippen LogP contribution in [-0.2, 0) is 4.74 Å². The molecule has 2 heterocycles. The third-order valence-corrected chi connectivity index (χ3v) is 7.00. The molecular weight excluding hydrogens is 364 g/mol. The summed E-state index contributed by atoms with van der Waals surface area (Å²) in [6.07, 6.45) is 7.34. The Morgan fingerprint density at radius 3 is 2.55 bits per heavy atom. The molecule has 4 rings (SSSR count). The summed E-state index contributed by atoms with van der Waals surface area (Å²) >= 11 is 0. The average Bonchev–Trinajstić information content (AvgIpc) is 3.27. The molecule has 1 aliphatic carbocycles. The number of nitrogens with one attached hydrogen (secondary N) is 2. The van der Waals surface area contributed by atoms with Gasteiger partial charge in [-0.15, -0.1) is 0 Å². The Morgan fingerprint density at radius 1 is 1.03 bits per heavy atom. The molecule has 2 amide bonds. The van der Waals surface area contributed by atoms with Crippen LogP contribution >= 0.6 is 0 Å². The summed E-state index contributed by atoms with van der Waals surface area (Å²) in [6.45, 7) is 7.18. The van der Waals surface area contributed by atoms with E-state index < -0.39 is 0 Å². The summed E-state index contributed by atoms with van der Waals surface area (Å²) in [5, 5.41) is 6.35. The third-order valence-electron chi connectivity index (χ3n) is 7.00. The van der Waals surface area contributed by atoms with E-state index in [9.17, 15) is 4.79 Å². The van der Waals surface area contributed by atoms with Gasteiger partial charge < -0.3 is 20.3 Å². The Bertz CT molecular complexity index is 642. The number of anilines is 1. The van der Waals surface area contributed by atoms with Crippen LogP contribution in [0.25, 0.3) is 0 Å². The molecule has 160 valence electrons. The Kier molecular flexibility index (Phi) is 6.93. The molecule has 0 radical (unpaired) electrons. The fourth-order valence-electron chi connectivity index (χ4n) is 5.27. The number of hydrogen-bond acceptors (Lipinski definition) is 4. The zero-order valence-corrected chi connectivity index (χ0v) is 17.6. The number of hydrogen-bond donors (Lipinski definition) is 2. The molecule has 3 fully saturated rings. The second-order valence-electron chi connectivity index (χ2n) is 8.88. The first-order valence-corrected chi connectivity index (χ1v) is 11.4. The lowest BCUT2D eigenvalue weighted by Crippen LogP contribution is -2.60. The number of nitrogens with zero attached hydrogens (tertiary/aromatic N) is 2. The molecule has 0 aromatic heterocycles. The molecule has 6 nitrogen and oxygen atoms in total. The minimum absolute atomic E-state index is 0.0126. The standard InChI is InChI=1S/C23H36N4O2/c28-22(24-17-20-9-12-26(18-20)21-7-3-1-4-8-21)25-19-23(10-5-2-6-11-23)27-13-15-29-16-14-27/h1,3-4,7-8,20H,2,5-6,9-19H2,(H2,24,25,28). The van der Waals surface area contributed by atoms with Gasteiger partial charge in [0, 0.05) is 50.5 Å². The van der Waals surface area contributed by atoms with E-state index in [4.69, 9.17) is 4.74 Å². The molecule has 1 saturated carbocycles. The van der Waals surface area contributed by atoms with Gasteiger partial charge in [0.1, 0.15) is 0 Å². The van der Waals surface area contributed by atoms with Crippen LogP contribution in [0.4, 0.5) is 10.5 Å². The molecule has 3 aliphatic rings. The first kappa shape index (κ1) is 20.5. The number of urea groups is 1. The van der Waals surface area contributed by atoms with Gasteiger partial charge in [-0.2, -0.15) is 0 Å². The molecule has 1 atom stereocenters. The predicted octanol–water partition coefficient (Wildman–Crippen LogP) is 2.85. The Labute approximate surface area is 175 Å². The molecule has 6 heteroatoms. The van der Waals surface area contributed by atoms with Crippen molar-refractivity contribution in [3.63, 3.8) is 0 Å². The summed E-state index contributed by atoms with van der Waals surface area (Å²) in [5.74, 6) is 0.517. The quantitative estimate of drug-likeness (QED) is 0.771. The van der Waals surface area contributed by atoms with Crippen molar-refractivity contribution in [2.45, 2.75) is 44.1 Å². The van der Waals surface area contributed by atoms with E-state index in [1.807, 2.05) is 0 Å². The maximum Gasteiger partial charge on any atom is 0.314 e. The lowest BCUT2D eigenvalue weighted by molar-refractivity contribution is -0.0357. The van der Waals surface area contributed by atoms with Crippen molar-refractivity contribution < 1.29 is 9.53 Å². The second-order valence-corrected chi connectivity index (χ2v) is 8.88. The van der Waals surface area contributed by atoms with Gasteiger partial charge in [0.15, 0.2) is 0 Å². The number of rotatable bonds is 6. The van der Waals surface area contributed by atoms with Gasteiger partial charge >= 0.3 is 6.03 Å². The van der Waals surface area contributed by atoms with Crippen molar-refractivity contribution in [2.75, 3.05) is 57.4 Å². The maximum absolute atomic E-state index is 12.5. The number of para-hydroxylation sites is 1. The first-order valence-electron chi connectivity index (χ1n) is 11.4. The van der Waals surface area contributed by atoms with E-state index in [0.717, 1.165) is 58.9 Å². The fraction of sp³-hybridized carbons (Fsp3) is 0.696. The molecule has 0 spiro atoms. The van der Waals surface area contributed by atoms with E-state index in [2.05, 4.69) is 50.8 Å². The Balaban J connectivity index is 1.23. The van der Waals surface area contributed by atoms with E-state index in [1.54, 1.807) is 0 Å². The molecule has 1 unspecified atom stereocenters. The highest BCUT2D eigenvalue weighted by Crippen LogP contribution is 2.33. The van der Waals surface area contributed by atoms with Crippen LogP contribution < -0.4 is 15.5 Å². The molecule has 1 aromatic carbocycles. The number of amides is 2. The van der Waals surface area contributed by atoms with Crippen molar-refractivity contribution in [3.05, 3.63) is 30.3 Å². The van der Waals surface area contributed by atoms with Crippen LogP contribution in [0.1, 0.15) is 38.5 Å². The largest absolute Gasteiger partial charge is 0.379 e. The van der Waals surface area contributed by atoms with E-state index >= 15 is 0 Å². The van der Waals surface area contributed by atoms with Crippen LogP contribution in [0.15, 0.2) is 30.3 Å². The van der Waals surface area contributed by atoms with Gasteiger partial charge in [0.05, 0.1) is 13.2 Å². The van der Waals surface area contributed by atoms with Gasteiger partial charge in [-0.3, -0.25) is 4.90 Å². The topological polar surface area (TPSA) is 56.8 Å². The highest BCUT2D eigenvalue weighted by Gasteiger charge is 2.38. The van der Waals surface area contributed by atoms with Crippen molar-refractivity contribution in [2.24, 2.45) is 5.92 Å². The van der Waals surface area contributed by atoms with Crippen LogP contribution in [0, 0.1) is 5.92 Å². The maximum atomic E-state index is 12.5. The predicted molar refractivity (Wildman–Crippen MR) is 116 cm³/mol. The summed E-state index contributed by atoms with van der Waals surface area (Å²) in [6, 6.07) is 10.5. The Morgan fingerprint density at radius 2 is 1.79 bits per heavy atom. The number of carbonyl (C=O) groups is 1. The van der Waals surface area contributed by atoms with Crippen LogP contribution in [-0.4, -0.2) is 69.0 Å². The highest BCUT2D eigenvalue weighted by atomic mass is 16.5. The second kappa shape index (κ2) is 9.81. The number of ether oxygens (including phenoxy) is 1. The van der Waals surface area contributed by atoms with Gasteiger partial charge in [0.2, 0.25) is 0 Å². The molecule has 2 aliphatic heterocycles. The van der Waals surface area contributed by atoms with Crippen LogP contribution in [0.3, 0.4) is 0 Å². The zero-order chi connectivity index (χ0) is 19.9. The van der Waals surface area contributed by atoms with E-state index in [-0.39, 0.29) is 11.6 Å². The lowest BCUT2D eigenvalue weighted by atomic mass is 9.80. The van der Waals surface area contributed by atoms with Crippen LogP contribution in [0.2, 0.25) is 0 Å². The monoisotopic (exact) mass is 400 g/mol. The number of carbonyl (C=O) groups excluding carboxylic acids is 1. The molecule has 2 N–H and O–H groups in total. The molecule has 2 saturated heterocycles. The minimum Gasteiger partial charge on any atom is -0.379 e. The van der Waals surface area contributed by atoms with Gasteiger partial charge in [-0.1, -0.05) is 37.5 Å². The Hall–Kier alpha value is -1.79. The third kappa shape index (κ3) is 5.23. The molecular formula is C23H36N4O2. The van der Waals surface area contributed by atoms with Gasteiger partial charge in [-0.05, 0) is 37.3 Å². The molecule has 0 bridgehead atoms. The van der Waals surface area contributed by atoms with Gasteiger partial charge in [-0.25, -0.2) is 4.79 Å². The lowest BCUT2D eigenvalue weighted by Gasteiger charge is -2.48. The fourth-order valence-corrected chi connectivity index (χ4v) is 5.27. The molecule has 29 heavy (non-hydrogen) atoms. The van der Waals surface area contributed by atoms with Crippen molar-refractivity contribution in [1.29, 1.82) is 0 Å². The normalized spacial score (nSPS) is 25.0. The van der Waals surface area contributed by atoms with Crippen molar-refractivity contribution in [3.8, 4) is 0 Å². The first-order chi connectivity index (χ1) is 14.3. The number of benzene rings is 1. The summed E-state index contributed by atoms with van der Waals surface area (Å²) in [7, 11) is 0. The van der Waals surface area contributed by atoms with Gasteiger partial charge in [0.25, 0.3) is 0 Å². The SMILES string of the molecule is O=C(NCC1CCN(c2ccccc2)C1)NCC1(N2CCOCC2)CCCCC1. The smallest absolute Gasteiger partial charge is 0.314 e. The van der Waals surface area contributed by atoms with Crippen molar-refractivity contribution in [1.82, 2.24) is 15.5 Å². The number of morpholine rings is 1. The van der Waals surface area contributed by atoms with E-state index in [1.165, 1.54) is 37.8 Å². The summed E-state index contributed by atoms with van der Waals surface area (Å²) in [4.78, 5) is 17.5. The van der Waals surface area contributed by atoms with Crippen LogP contribution in [0.5, 0.6) is 0 Å². The summed E-state index contributed by atoms with van der Waals surface area (Å²) < 4.78 is 5.55. The molecule has 1 aromatic rings. The van der Waals surface area contributed by atoms with Crippen molar-refractivity contribution >= 4 is 11.7 Å². The minimum atomic E-state index is -0.0126. The van der Waals surface area contributed by atoms with E-state index in [0.29, 0.717) is 5.92 Å². The highest BCUT2D eigenvalue weighted by molar-refractivity contribution is 5.74. The zero-order valence-electron chi connectivity index (χ0n) is 17.6. The summed E-state index contributed by atoms with van der Waals surface area (Å²) in [5.41, 5.74) is 1.40.